The maximum absolute atomic E-state index is 7.05. The molecule has 0 amide bonds. The highest BCUT2D eigenvalue weighted by Crippen LogP contribution is 2.66. The molecule has 2 rings (SSSR count). The first kappa shape index (κ1) is 5.37. The molecule has 0 aromatic rings. The molecule has 0 radical (unpaired) electrons. The van der Waals surface area contributed by atoms with Crippen molar-refractivity contribution in [2.24, 2.45) is 11.8 Å². The summed E-state index contributed by atoms with van der Waals surface area (Å²) in [5, 5.41) is 0.882. The van der Waals surface area contributed by atoms with Crippen LogP contribution in [0.2, 0.25) is 0 Å². The van der Waals surface area contributed by atoms with E-state index in [9.17, 15) is 0 Å². The second-order valence-electron chi connectivity index (χ2n) is 2.37. The van der Waals surface area contributed by atoms with Crippen LogP contribution in [0.25, 0.3) is 5.84 Å². The number of nitrogens with two attached hydrogens (primary N) is 1. The van der Waals surface area contributed by atoms with Gasteiger partial charge in [-0.3, -0.25) is 5.84 Å². The summed E-state index contributed by atoms with van der Waals surface area (Å²) in [6.45, 7) is 0. The van der Waals surface area contributed by atoms with Crippen LogP contribution in [0.5, 0.6) is 0 Å². The second kappa shape index (κ2) is 1.19. The Labute approximate surface area is 53.0 Å². The van der Waals surface area contributed by atoms with E-state index >= 15 is 0 Å². The van der Waals surface area contributed by atoms with E-state index in [1.807, 2.05) is 6.08 Å². The van der Waals surface area contributed by atoms with E-state index in [0.29, 0.717) is 5.92 Å². The van der Waals surface area contributed by atoms with E-state index in [1.54, 1.807) is 7.11 Å². The predicted octanol–water partition coefficient (Wildman–Crippen LogP) is 0.0418. The fourth-order valence-corrected chi connectivity index (χ4v) is 1.24. The molecule has 0 saturated heterocycles. The summed E-state index contributed by atoms with van der Waals surface area (Å²) in [6.07, 6.45) is 2.04. The summed E-state index contributed by atoms with van der Waals surface area (Å²) in [5.74, 6) is 12.6. The Morgan fingerprint density at radius 3 is 2.56 bits per heavy atom. The third-order valence-corrected chi connectivity index (χ3v) is 1.99. The number of nitrogens with one attached hydrogen (secondary N) is 1. The van der Waals surface area contributed by atoms with Gasteiger partial charge in [0.05, 0.1) is 0 Å². The highest BCUT2D eigenvalue weighted by molar-refractivity contribution is 5.60. The maximum Gasteiger partial charge on any atom is 0.149 e. The van der Waals surface area contributed by atoms with Crippen molar-refractivity contribution in [1.29, 1.82) is 0 Å². The smallest absolute Gasteiger partial charge is 0.149 e. The van der Waals surface area contributed by atoms with Crippen LogP contribution in [-0.2, 0) is 4.74 Å². The molecule has 1 saturated carbocycles. The van der Waals surface area contributed by atoms with Gasteiger partial charge in [0.15, 0.2) is 0 Å². The summed E-state index contributed by atoms with van der Waals surface area (Å²) in [6, 6.07) is 0. The van der Waals surface area contributed by atoms with Gasteiger partial charge in [-0.25, -0.2) is 0 Å². The van der Waals surface area contributed by atoms with Gasteiger partial charge in [-0.1, -0.05) is 6.08 Å². The largest absolute Gasteiger partial charge is 0.592 e. The zero-order valence-corrected chi connectivity index (χ0v) is 5.09. The molecule has 2 aliphatic rings. The normalized spacial score (nSPS) is 44.4. The molecule has 4 nitrogen and oxygen atoms in total. The van der Waals surface area contributed by atoms with Crippen molar-refractivity contribution in [3.8, 4) is 0 Å². The lowest BCUT2D eigenvalue weighted by molar-refractivity contribution is -0.0360. The molecule has 50 valence electrons. The Bertz CT molecular complexity index is 189. The number of nitrogens with zero attached hydrogens (tertiary/aromatic N) is 1. The van der Waals surface area contributed by atoms with Crippen LogP contribution < -0.4 is 5.84 Å². The molecule has 0 heterocycles. The average molecular weight is 126 g/mol. The topological polar surface area (TPSA) is 62.3 Å². The van der Waals surface area contributed by atoms with Gasteiger partial charge in [0, 0.05) is 13.0 Å². The van der Waals surface area contributed by atoms with Crippen LogP contribution in [-0.4, -0.2) is 18.0 Å². The molecule has 4 heteroatoms. The van der Waals surface area contributed by atoms with Gasteiger partial charge >= 0.3 is 0 Å². The number of fused-ring (bicyclic) bond motifs is 1. The monoisotopic (exact) mass is 126 g/mol. The minimum Gasteiger partial charge on any atom is -0.592 e. The van der Waals surface area contributed by atoms with E-state index in [-0.39, 0.29) is 0 Å². The summed E-state index contributed by atoms with van der Waals surface area (Å²) in [7, 11) is 1.57. The highest BCUT2D eigenvalue weighted by Gasteiger charge is 2.70. The van der Waals surface area contributed by atoms with Crippen molar-refractivity contribution in [1.82, 2.24) is 5.12 Å². The van der Waals surface area contributed by atoms with Crippen LogP contribution in [0.4, 0.5) is 0 Å². The van der Waals surface area contributed by atoms with Gasteiger partial charge < -0.3 is 15.7 Å². The van der Waals surface area contributed by atoms with Crippen LogP contribution in [0.3, 0.4) is 0 Å². The molecule has 0 bridgehead atoms. The van der Waals surface area contributed by atoms with Crippen molar-refractivity contribution in [3.63, 3.8) is 0 Å². The van der Waals surface area contributed by atoms with Crippen LogP contribution >= 0.6 is 0 Å². The van der Waals surface area contributed by atoms with Crippen LogP contribution in [0, 0.1) is 5.92 Å². The van der Waals surface area contributed by atoms with Gasteiger partial charge in [0.1, 0.15) is 5.72 Å². The van der Waals surface area contributed by atoms with Gasteiger partial charge in [-0.05, 0) is 5.57 Å². The van der Waals surface area contributed by atoms with E-state index in [1.165, 1.54) is 0 Å². The van der Waals surface area contributed by atoms with Crippen molar-refractivity contribution < 1.29 is 4.74 Å². The summed E-state index contributed by atoms with van der Waals surface area (Å²) < 4.78 is 5.02. The highest BCUT2D eigenvalue weighted by atomic mass is 16.5. The number of hydrogen-bond donors (Lipinski definition) is 1. The minimum absolute atomic E-state index is 0.352. The standard InChI is InChI=1S/C5H8N3O/c1-9-5(8(6)7)3-2-4(3)5/h2-3,6H,7H2,1H3/q-1/t3-,5?/m0/s1. The summed E-state index contributed by atoms with van der Waals surface area (Å²) in [5.41, 5.74) is 0.641. The van der Waals surface area contributed by atoms with E-state index in [4.69, 9.17) is 16.4 Å². The molecule has 3 N–H and O–H groups in total. The Balaban J connectivity index is 2.14. The fourth-order valence-electron chi connectivity index (χ4n) is 1.24. The number of rotatable bonds is 2. The van der Waals surface area contributed by atoms with Gasteiger partial charge in [-0.2, -0.15) is 0 Å². The quantitative estimate of drug-likeness (QED) is 0.246. The molecule has 1 fully saturated rings. The molecule has 0 aromatic heterocycles. The van der Waals surface area contributed by atoms with Crippen molar-refractivity contribution in [3.05, 3.63) is 17.5 Å². The van der Waals surface area contributed by atoms with Gasteiger partial charge in [0.2, 0.25) is 0 Å². The lowest BCUT2D eigenvalue weighted by Crippen LogP contribution is -2.41. The molecular formula is C5H8N3O-. The Morgan fingerprint density at radius 2 is 2.56 bits per heavy atom. The number of methoxy groups -OCH3 is 1. The molecule has 9 heavy (non-hydrogen) atoms. The van der Waals surface area contributed by atoms with Crippen molar-refractivity contribution >= 4 is 0 Å². The zero-order valence-electron chi connectivity index (χ0n) is 5.09. The maximum atomic E-state index is 7.05. The predicted molar refractivity (Wildman–Crippen MR) is 31.7 cm³/mol. The number of hydrogen-bond acceptors (Lipinski definition) is 3. The first-order chi connectivity index (χ1) is 4.23. The summed E-state index contributed by atoms with van der Waals surface area (Å²) in [4.78, 5) is 0. The van der Waals surface area contributed by atoms with Crippen molar-refractivity contribution in [2.45, 2.75) is 5.72 Å². The molecule has 1 unspecified atom stereocenters. The minimum atomic E-state index is -0.514. The zero-order chi connectivity index (χ0) is 6.65. The Kier molecular flexibility index (Phi) is 0.713. The van der Waals surface area contributed by atoms with E-state index in [0.717, 1.165) is 10.7 Å². The van der Waals surface area contributed by atoms with E-state index < -0.39 is 5.72 Å². The lowest BCUT2D eigenvalue weighted by atomic mass is 10.3. The third kappa shape index (κ3) is 0.391. The first-order valence-electron chi connectivity index (χ1n) is 2.77. The van der Waals surface area contributed by atoms with Crippen molar-refractivity contribution in [2.75, 3.05) is 7.11 Å². The Hall–Kier alpha value is -0.420. The SMILES string of the molecule is COC1(N([NH-])N)C2=C[C@@H]21. The van der Waals surface area contributed by atoms with Crippen LogP contribution in [0.15, 0.2) is 11.6 Å². The summed E-state index contributed by atoms with van der Waals surface area (Å²) >= 11 is 0. The molecular weight excluding hydrogens is 118 g/mol. The molecule has 2 aliphatic carbocycles. The fraction of sp³-hybridized carbons (Fsp3) is 0.600. The van der Waals surface area contributed by atoms with Crippen LogP contribution in [0.1, 0.15) is 0 Å². The van der Waals surface area contributed by atoms with E-state index in [2.05, 4.69) is 0 Å². The van der Waals surface area contributed by atoms with Gasteiger partial charge in [-0.15, -0.1) is 0 Å². The average Bonchev–Trinajstić information content (AvgIpc) is 2.48. The lowest BCUT2D eigenvalue weighted by Gasteiger charge is -2.32. The third-order valence-electron chi connectivity index (χ3n) is 1.99. The molecule has 0 aliphatic heterocycles. The second-order valence-corrected chi connectivity index (χ2v) is 2.37. The number of ether oxygens (including phenoxy) is 1. The molecule has 2 atom stereocenters. The molecule has 0 spiro atoms. The first-order valence-corrected chi connectivity index (χ1v) is 2.77. The molecule has 0 aromatic carbocycles. The number of hydrazine groups is 1. The Morgan fingerprint density at radius 1 is 2.00 bits per heavy atom. The van der Waals surface area contributed by atoms with Gasteiger partial charge in [0.25, 0.3) is 0 Å².